The van der Waals surface area contributed by atoms with Gasteiger partial charge in [0.25, 0.3) is 0 Å². The standard InChI is InChI=1S/C15H23N3O/c1-2-3-4-8-15(19)18-12-10-17(11-13-18)14-7-5-6-9-16-14/h5-7,9H,2-4,8,10-13H2,1H3. The molecule has 2 rings (SSSR count). The number of aromatic nitrogens is 1. The Hall–Kier alpha value is -1.58. The average Bonchev–Trinajstić information content (AvgIpc) is 2.48. The Kier molecular flexibility index (Phi) is 5.19. The summed E-state index contributed by atoms with van der Waals surface area (Å²) in [5.74, 6) is 1.33. The molecule has 19 heavy (non-hydrogen) atoms. The van der Waals surface area contributed by atoms with E-state index in [0.29, 0.717) is 12.3 Å². The molecule has 1 saturated heterocycles. The summed E-state index contributed by atoms with van der Waals surface area (Å²) in [6.45, 7) is 5.58. The van der Waals surface area contributed by atoms with Crippen molar-refractivity contribution in [3.05, 3.63) is 24.4 Å². The van der Waals surface area contributed by atoms with E-state index in [1.807, 2.05) is 29.3 Å². The van der Waals surface area contributed by atoms with Gasteiger partial charge in [0, 0.05) is 38.8 Å². The maximum absolute atomic E-state index is 12.0. The second-order valence-corrected chi connectivity index (χ2v) is 5.01. The van der Waals surface area contributed by atoms with E-state index in [0.717, 1.165) is 44.8 Å². The van der Waals surface area contributed by atoms with Crippen LogP contribution in [0, 0.1) is 0 Å². The van der Waals surface area contributed by atoms with Gasteiger partial charge in [-0.05, 0) is 18.6 Å². The van der Waals surface area contributed by atoms with Gasteiger partial charge in [-0.2, -0.15) is 0 Å². The van der Waals surface area contributed by atoms with Gasteiger partial charge in [0.1, 0.15) is 5.82 Å². The molecule has 4 nitrogen and oxygen atoms in total. The molecular weight excluding hydrogens is 238 g/mol. The Labute approximate surface area is 115 Å². The van der Waals surface area contributed by atoms with E-state index in [1.165, 1.54) is 6.42 Å². The molecule has 0 saturated carbocycles. The number of rotatable bonds is 5. The molecule has 0 N–H and O–H groups in total. The Morgan fingerprint density at radius 2 is 2.00 bits per heavy atom. The quantitative estimate of drug-likeness (QED) is 0.763. The second kappa shape index (κ2) is 7.12. The molecule has 0 radical (unpaired) electrons. The zero-order valence-corrected chi connectivity index (χ0v) is 11.7. The van der Waals surface area contributed by atoms with Crippen molar-refractivity contribution in [2.45, 2.75) is 32.6 Å². The lowest BCUT2D eigenvalue weighted by Crippen LogP contribution is -2.49. The predicted octanol–water partition coefficient (Wildman–Crippen LogP) is 2.31. The third-order valence-corrected chi connectivity index (χ3v) is 3.60. The zero-order valence-electron chi connectivity index (χ0n) is 11.7. The van der Waals surface area contributed by atoms with Crippen LogP contribution < -0.4 is 4.90 Å². The van der Waals surface area contributed by atoms with Gasteiger partial charge in [-0.3, -0.25) is 4.79 Å². The Morgan fingerprint density at radius 3 is 2.63 bits per heavy atom. The topological polar surface area (TPSA) is 36.4 Å². The summed E-state index contributed by atoms with van der Waals surface area (Å²) in [7, 11) is 0. The molecule has 0 spiro atoms. The summed E-state index contributed by atoms with van der Waals surface area (Å²) < 4.78 is 0. The molecule has 1 amide bonds. The lowest BCUT2D eigenvalue weighted by molar-refractivity contribution is -0.131. The molecular formula is C15H23N3O. The van der Waals surface area contributed by atoms with Crippen LogP contribution in [0.5, 0.6) is 0 Å². The van der Waals surface area contributed by atoms with Crippen molar-refractivity contribution < 1.29 is 4.79 Å². The molecule has 4 heteroatoms. The number of piperazine rings is 1. The Bertz CT molecular complexity index is 386. The lowest BCUT2D eigenvalue weighted by atomic mass is 10.2. The summed E-state index contributed by atoms with van der Waals surface area (Å²) in [6, 6.07) is 5.96. The SMILES string of the molecule is CCCCCC(=O)N1CCN(c2ccccn2)CC1. The minimum absolute atomic E-state index is 0.314. The summed E-state index contributed by atoms with van der Waals surface area (Å²) in [5, 5.41) is 0. The molecule has 104 valence electrons. The van der Waals surface area contributed by atoms with Crippen LogP contribution in [0.25, 0.3) is 0 Å². The average molecular weight is 261 g/mol. The summed E-state index contributed by atoms with van der Waals surface area (Å²) in [5.41, 5.74) is 0. The van der Waals surface area contributed by atoms with Gasteiger partial charge in [-0.1, -0.05) is 25.8 Å². The van der Waals surface area contributed by atoms with Crippen molar-refractivity contribution in [1.82, 2.24) is 9.88 Å². The first-order chi connectivity index (χ1) is 9.31. The van der Waals surface area contributed by atoms with E-state index >= 15 is 0 Å². The fourth-order valence-electron chi connectivity index (χ4n) is 2.41. The van der Waals surface area contributed by atoms with Gasteiger partial charge in [-0.25, -0.2) is 4.98 Å². The van der Waals surface area contributed by atoms with Crippen LogP contribution in [-0.2, 0) is 4.79 Å². The molecule has 0 unspecified atom stereocenters. The van der Waals surface area contributed by atoms with Gasteiger partial charge in [0.2, 0.25) is 5.91 Å². The van der Waals surface area contributed by atoms with Crippen molar-refractivity contribution >= 4 is 11.7 Å². The van der Waals surface area contributed by atoms with Crippen LogP contribution in [-0.4, -0.2) is 42.0 Å². The number of hydrogen-bond acceptors (Lipinski definition) is 3. The van der Waals surface area contributed by atoms with E-state index in [-0.39, 0.29) is 0 Å². The van der Waals surface area contributed by atoms with E-state index in [4.69, 9.17) is 0 Å². The van der Waals surface area contributed by atoms with Gasteiger partial charge < -0.3 is 9.80 Å². The van der Waals surface area contributed by atoms with E-state index in [1.54, 1.807) is 0 Å². The smallest absolute Gasteiger partial charge is 0.222 e. The zero-order chi connectivity index (χ0) is 13.5. The molecule has 1 fully saturated rings. The molecule has 1 aliphatic heterocycles. The number of nitrogens with zero attached hydrogens (tertiary/aromatic N) is 3. The van der Waals surface area contributed by atoms with Crippen LogP contribution in [0.1, 0.15) is 32.6 Å². The third-order valence-electron chi connectivity index (χ3n) is 3.60. The lowest BCUT2D eigenvalue weighted by Gasteiger charge is -2.35. The highest BCUT2D eigenvalue weighted by Crippen LogP contribution is 2.13. The van der Waals surface area contributed by atoms with E-state index in [2.05, 4.69) is 16.8 Å². The van der Waals surface area contributed by atoms with Gasteiger partial charge in [-0.15, -0.1) is 0 Å². The highest BCUT2D eigenvalue weighted by Gasteiger charge is 2.21. The van der Waals surface area contributed by atoms with Crippen LogP contribution >= 0.6 is 0 Å². The normalized spacial score (nSPS) is 15.6. The van der Waals surface area contributed by atoms with Crippen molar-refractivity contribution in [3.63, 3.8) is 0 Å². The largest absolute Gasteiger partial charge is 0.353 e. The van der Waals surface area contributed by atoms with E-state index < -0.39 is 0 Å². The molecule has 1 aliphatic rings. The number of carbonyl (C=O) groups excluding carboxylic acids is 1. The monoisotopic (exact) mass is 261 g/mol. The van der Waals surface area contributed by atoms with Gasteiger partial charge in [0.15, 0.2) is 0 Å². The Morgan fingerprint density at radius 1 is 1.21 bits per heavy atom. The number of pyridine rings is 1. The third kappa shape index (κ3) is 3.94. The number of unbranched alkanes of at least 4 members (excludes halogenated alkanes) is 2. The predicted molar refractivity (Wildman–Crippen MR) is 77.2 cm³/mol. The van der Waals surface area contributed by atoms with Crippen molar-refractivity contribution in [2.24, 2.45) is 0 Å². The Balaban J connectivity index is 1.77. The minimum atomic E-state index is 0.314. The van der Waals surface area contributed by atoms with Crippen molar-refractivity contribution in [2.75, 3.05) is 31.1 Å². The van der Waals surface area contributed by atoms with Crippen LogP contribution in [0.3, 0.4) is 0 Å². The van der Waals surface area contributed by atoms with E-state index in [9.17, 15) is 4.79 Å². The van der Waals surface area contributed by atoms with Crippen molar-refractivity contribution in [3.8, 4) is 0 Å². The first kappa shape index (κ1) is 13.8. The number of carbonyl (C=O) groups is 1. The van der Waals surface area contributed by atoms with Crippen LogP contribution in [0.2, 0.25) is 0 Å². The first-order valence-corrected chi connectivity index (χ1v) is 7.25. The highest BCUT2D eigenvalue weighted by molar-refractivity contribution is 5.76. The van der Waals surface area contributed by atoms with Gasteiger partial charge in [0.05, 0.1) is 0 Å². The minimum Gasteiger partial charge on any atom is -0.353 e. The van der Waals surface area contributed by atoms with Gasteiger partial charge >= 0.3 is 0 Å². The maximum atomic E-state index is 12.0. The fourth-order valence-corrected chi connectivity index (χ4v) is 2.41. The van der Waals surface area contributed by atoms with Crippen LogP contribution in [0.15, 0.2) is 24.4 Å². The van der Waals surface area contributed by atoms with Crippen LogP contribution in [0.4, 0.5) is 5.82 Å². The molecule has 0 aromatic carbocycles. The number of amides is 1. The number of anilines is 1. The first-order valence-electron chi connectivity index (χ1n) is 7.25. The molecule has 2 heterocycles. The van der Waals surface area contributed by atoms with Crippen molar-refractivity contribution in [1.29, 1.82) is 0 Å². The molecule has 1 aromatic heterocycles. The molecule has 0 bridgehead atoms. The highest BCUT2D eigenvalue weighted by atomic mass is 16.2. The number of hydrogen-bond donors (Lipinski definition) is 0. The molecule has 1 aromatic rings. The summed E-state index contributed by atoms with van der Waals surface area (Å²) >= 11 is 0. The molecule has 0 atom stereocenters. The summed E-state index contributed by atoms with van der Waals surface area (Å²) in [6.07, 6.45) is 5.87. The fraction of sp³-hybridized carbons (Fsp3) is 0.600. The second-order valence-electron chi connectivity index (χ2n) is 5.01. The molecule has 0 aliphatic carbocycles. The summed E-state index contributed by atoms with van der Waals surface area (Å²) in [4.78, 5) is 20.6. The maximum Gasteiger partial charge on any atom is 0.222 e.